The summed E-state index contributed by atoms with van der Waals surface area (Å²) in [6.45, 7) is 7.05. The molecule has 0 aliphatic carbocycles. The molecule has 0 fully saturated rings. The first-order chi connectivity index (χ1) is 22.8. The second-order valence-corrected chi connectivity index (χ2v) is 15.3. The number of rotatable bonds is 14. The van der Waals surface area contributed by atoms with E-state index < -0.39 is 34.1 Å². The van der Waals surface area contributed by atoms with Gasteiger partial charge in [-0.1, -0.05) is 72.3 Å². The molecular weight excluding hydrogens is 666 g/mol. The molecule has 0 spiro atoms. The molecule has 2 amide bonds. The number of para-hydroxylation sites is 2. The summed E-state index contributed by atoms with van der Waals surface area (Å²) in [6, 6.07) is 28.7. The lowest BCUT2D eigenvalue weighted by Gasteiger charge is -2.35. The van der Waals surface area contributed by atoms with Crippen molar-refractivity contribution in [2.75, 3.05) is 23.7 Å². The van der Waals surface area contributed by atoms with Crippen LogP contribution in [0.15, 0.2) is 113 Å². The highest BCUT2D eigenvalue weighted by atomic mass is 35.5. The standard InChI is InChI=1S/C37H42ClN3O5S2/c1-6-46-34-19-13-12-18-32(34)41(48(44,45)30-22-20-29(47-5)21-23-30)26-35(42)40(25-28-16-10-11-17-31(28)38)33(36(43)39-37(2,3)4)24-27-14-8-7-9-15-27/h7-23,33H,6,24-26H2,1-5H3,(H,39,43)/t33-/m0/s1. The van der Waals surface area contributed by atoms with E-state index in [1.807, 2.05) is 57.4 Å². The van der Waals surface area contributed by atoms with Gasteiger partial charge in [0.1, 0.15) is 18.3 Å². The smallest absolute Gasteiger partial charge is 0.264 e. The number of sulfonamides is 1. The number of nitrogens with one attached hydrogen (secondary N) is 1. The van der Waals surface area contributed by atoms with Crippen LogP contribution < -0.4 is 14.4 Å². The molecule has 0 aliphatic heterocycles. The SMILES string of the molecule is CCOc1ccccc1N(CC(=O)N(Cc1ccccc1Cl)[C@@H](Cc1ccccc1)C(=O)NC(C)(C)C)S(=O)(=O)c1ccc(SC)cc1. The maximum Gasteiger partial charge on any atom is 0.264 e. The van der Waals surface area contributed by atoms with E-state index in [0.717, 1.165) is 14.8 Å². The van der Waals surface area contributed by atoms with E-state index in [9.17, 15) is 18.0 Å². The minimum absolute atomic E-state index is 0.0170. The number of carbonyl (C=O) groups excluding carboxylic acids is 2. The number of thioether (sulfide) groups is 1. The highest BCUT2D eigenvalue weighted by Crippen LogP contribution is 2.33. The first-order valence-corrected chi connectivity index (χ1v) is 18.7. The second-order valence-electron chi connectivity index (χ2n) is 12.1. The molecule has 0 aromatic heterocycles. The summed E-state index contributed by atoms with van der Waals surface area (Å²) in [5.74, 6) is -0.653. The molecule has 48 heavy (non-hydrogen) atoms. The van der Waals surface area contributed by atoms with Gasteiger partial charge in [-0.3, -0.25) is 13.9 Å². The van der Waals surface area contributed by atoms with Gasteiger partial charge in [-0.05, 0) is 87.5 Å². The summed E-state index contributed by atoms with van der Waals surface area (Å²) in [7, 11) is -4.29. The third kappa shape index (κ3) is 9.55. The van der Waals surface area contributed by atoms with Crippen molar-refractivity contribution in [3.8, 4) is 5.75 Å². The average Bonchev–Trinajstić information content (AvgIpc) is 3.06. The molecule has 4 aromatic carbocycles. The normalized spacial score (nSPS) is 12.2. The van der Waals surface area contributed by atoms with Crippen molar-refractivity contribution < 1.29 is 22.7 Å². The molecule has 0 aliphatic rings. The molecule has 0 unspecified atom stereocenters. The van der Waals surface area contributed by atoms with Gasteiger partial charge in [0.05, 0.1) is 17.2 Å². The van der Waals surface area contributed by atoms with Crippen LogP contribution in [-0.2, 0) is 32.6 Å². The lowest BCUT2D eigenvalue weighted by Crippen LogP contribution is -2.56. The highest BCUT2D eigenvalue weighted by molar-refractivity contribution is 7.98. The van der Waals surface area contributed by atoms with Crippen LogP contribution in [0, 0.1) is 0 Å². The zero-order valence-electron chi connectivity index (χ0n) is 27.9. The van der Waals surface area contributed by atoms with E-state index in [1.54, 1.807) is 67.6 Å². The van der Waals surface area contributed by atoms with Crippen molar-refractivity contribution in [1.29, 1.82) is 0 Å². The van der Waals surface area contributed by atoms with Crippen molar-refractivity contribution in [2.24, 2.45) is 0 Å². The largest absolute Gasteiger partial charge is 0.492 e. The first-order valence-electron chi connectivity index (χ1n) is 15.6. The quantitative estimate of drug-likeness (QED) is 0.139. The van der Waals surface area contributed by atoms with Gasteiger partial charge in [0, 0.05) is 28.4 Å². The fourth-order valence-electron chi connectivity index (χ4n) is 5.15. The molecule has 0 heterocycles. The van der Waals surface area contributed by atoms with Crippen molar-refractivity contribution in [3.63, 3.8) is 0 Å². The number of amides is 2. The van der Waals surface area contributed by atoms with Crippen molar-refractivity contribution in [1.82, 2.24) is 10.2 Å². The van der Waals surface area contributed by atoms with Crippen molar-refractivity contribution in [2.45, 2.75) is 62.0 Å². The predicted molar refractivity (Wildman–Crippen MR) is 194 cm³/mol. The van der Waals surface area contributed by atoms with Crippen LogP contribution in [0.25, 0.3) is 0 Å². The number of halogens is 1. The van der Waals surface area contributed by atoms with E-state index in [1.165, 1.54) is 28.8 Å². The molecule has 11 heteroatoms. The molecule has 0 saturated heterocycles. The maximum absolute atomic E-state index is 14.7. The second kappa shape index (κ2) is 16.4. The molecule has 254 valence electrons. The summed E-state index contributed by atoms with van der Waals surface area (Å²) >= 11 is 8.09. The third-order valence-electron chi connectivity index (χ3n) is 7.43. The van der Waals surface area contributed by atoms with Crippen LogP contribution in [0.2, 0.25) is 5.02 Å². The summed E-state index contributed by atoms with van der Waals surface area (Å²) in [4.78, 5) is 31.2. The number of anilines is 1. The number of nitrogens with zero attached hydrogens (tertiary/aromatic N) is 2. The van der Waals surface area contributed by atoms with Crippen LogP contribution in [0.1, 0.15) is 38.8 Å². The minimum Gasteiger partial charge on any atom is -0.492 e. The number of ether oxygens (including phenoxy) is 1. The molecule has 8 nitrogen and oxygen atoms in total. The average molecular weight is 708 g/mol. The van der Waals surface area contributed by atoms with E-state index in [4.69, 9.17) is 16.3 Å². The number of hydrogen-bond acceptors (Lipinski definition) is 6. The Kier molecular flexibility index (Phi) is 12.6. The molecule has 0 radical (unpaired) electrons. The topological polar surface area (TPSA) is 96.0 Å². The minimum atomic E-state index is -4.29. The first kappa shape index (κ1) is 36.8. The number of hydrogen-bond donors (Lipinski definition) is 1. The van der Waals surface area contributed by atoms with Crippen LogP contribution in [-0.4, -0.2) is 56.1 Å². The zero-order chi connectivity index (χ0) is 34.9. The third-order valence-corrected chi connectivity index (χ3v) is 10.3. The highest BCUT2D eigenvalue weighted by Gasteiger charge is 2.36. The van der Waals surface area contributed by atoms with Crippen LogP contribution >= 0.6 is 23.4 Å². The Bertz CT molecular complexity index is 1800. The van der Waals surface area contributed by atoms with E-state index >= 15 is 0 Å². The summed E-state index contributed by atoms with van der Waals surface area (Å²) < 4.78 is 35.8. The Balaban J connectivity index is 1.86. The van der Waals surface area contributed by atoms with E-state index in [2.05, 4.69) is 5.32 Å². The zero-order valence-corrected chi connectivity index (χ0v) is 30.2. The molecule has 4 aromatic rings. The van der Waals surface area contributed by atoms with Gasteiger partial charge in [-0.25, -0.2) is 8.42 Å². The molecule has 0 bridgehead atoms. The Labute approximate surface area is 293 Å². The Morgan fingerprint density at radius 1 is 0.896 bits per heavy atom. The summed E-state index contributed by atoms with van der Waals surface area (Å²) in [5, 5.41) is 3.45. The number of benzene rings is 4. The molecular formula is C37H42ClN3O5S2. The monoisotopic (exact) mass is 707 g/mol. The molecule has 4 rings (SSSR count). The Hall–Kier alpha value is -3.99. The fraction of sp³-hybridized carbons (Fsp3) is 0.297. The predicted octanol–water partition coefficient (Wildman–Crippen LogP) is 7.21. The number of carbonyl (C=O) groups is 2. The van der Waals surface area contributed by atoms with Gasteiger partial charge < -0.3 is 15.0 Å². The maximum atomic E-state index is 14.7. The Morgan fingerprint density at radius 2 is 1.52 bits per heavy atom. The molecule has 1 N–H and O–H groups in total. The lowest BCUT2D eigenvalue weighted by molar-refractivity contribution is -0.140. The molecule has 0 saturated carbocycles. The Morgan fingerprint density at radius 3 is 2.15 bits per heavy atom. The van der Waals surface area contributed by atoms with Gasteiger partial charge in [0.15, 0.2) is 0 Å². The van der Waals surface area contributed by atoms with Crippen molar-refractivity contribution >= 4 is 50.9 Å². The van der Waals surface area contributed by atoms with Gasteiger partial charge in [-0.15, -0.1) is 11.8 Å². The van der Waals surface area contributed by atoms with Gasteiger partial charge in [0.25, 0.3) is 10.0 Å². The van der Waals surface area contributed by atoms with Gasteiger partial charge in [-0.2, -0.15) is 0 Å². The molecule has 1 atom stereocenters. The van der Waals surface area contributed by atoms with Gasteiger partial charge in [0.2, 0.25) is 11.8 Å². The van der Waals surface area contributed by atoms with Gasteiger partial charge >= 0.3 is 0 Å². The van der Waals surface area contributed by atoms with Crippen LogP contribution in [0.5, 0.6) is 5.75 Å². The van der Waals surface area contributed by atoms with Crippen molar-refractivity contribution in [3.05, 3.63) is 119 Å². The summed E-state index contributed by atoms with van der Waals surface area (Å²) in [5.41, 5.74) is 1.06. The lowest BCUT2D eigenvalue weighted by atomic mass is 10.0. The van der Waals surface area contributed by atoms with Crippen LogP contribution in [0.3, 0.4) is 0 Å². The van der Waals surface area contributed by atoms with E-state index in [0.29, 0.717) is 16.3 Å². The van der Waals surface area contributed by atoms with E-state index in [-0.39, 0.29) is 36.1 Å². The van der Waals surface area contributed by atoms with Crippen LogP contribution in [0.4, 0.5) is 5.69 Å². The summed E-state index contributed by atoms with van der Waals surface area (Å²) in [6.07, 6.45) is 2.10. The fourth-order valence-corrected chi connectivity index (χ4v) is 7.17.